The van der Waals surface area contributed by atoms with Gasteiger partial charge in [-0.15, -0.1) is 22.7 Å². The summed E-state index contributed by atoms with van der Waals surface area (Å²) < 4.78 is 0.949. The van der Waals surface area contributed by atoms with E-state index in [4.69, 9.17) is 0 Å². The monoisotopic (exact) mass is 449 g/mol. The molecule has 2 aromatic heterocycles. The zero-order chi connectivity index (χ0) is 18.7. The summed E-state index contributed by atoms with van der Waals surface area (Å²) in [5, 5.41) is 7.34. The van der Waals surface area contributed by atoms with Crippen LogP contribution in [0.15, 0.2) is 45.6 Å². The van der Waals surface area contributed by atoms with Gasteiger partial charge in [0.2, 0.25) is 5.91 Å². The predicted molar refractivity (Wildman–Crippen MR) is 110 cm³/mol. The van der Waals surface area contributed by atoms with Crippen molar-refractivity contribution in [3.63, 3.8) is 0 Å². The summed E-state index contributed by atoms with van der Waals surface area (Å²) in [6.07, 6.45) is 0. The van der Waals surface area contributed by atoms with Crippen LogP contribution in [-0.4, -0.2) is 35.3 Å². The van der Waals surface area contributed by atoms with Gasteiger partial charge in [0.15, 0.2) is 0 Å². The second kappa shape index (κ2) is 8.11. The third kappa shape index (κ3) is 4.38. The molecule has 0 fully saturated rings. The van der Waals surface area contributed by atoms with E-state index in [2.05, 4.69) is 26.2 Å². The van der Waals surface area contributed by atoms with E-state index in [1.165, 1.54) is 16.2 Å². The molecule has 134 valence electrons. The minimum atomic E-state index is -0.272. The Balaban J connectivity index is 1.62. The van der Waals surface area contributed by atoms with Crippen LogP contribution in [0, 0.1) is 6.92 Å². The molecular weight excluding hydrogens is 434 g/mol. The summed E-state index contributed by atoms with van der Waals surface area (Å²) in [6.45, 7) is 1.87. The number of thiophene rings is 1. The highest BCUT2D eigenvalue weighted by molar-refractivity contribution is 9.10. The Morgan fingerprint density at radius 2 is 2.08 bits per heavy atom. The van der Waals surface area contributed by atoms with Gasteiger partial charge in [0.25, 0.3) is 5.91 Å². The minimum Gasteiger partial charge on any atom is -0.331 e. The molecule has 0 bridgehead atoms. The highest BCUT2D eigenvalue weighted by atomic mass is 79.9. The van der Waals surface area contributed by atoms with Crippen LogP contribution in [0.1, 0.15) is 16.1 Å². The van der Waals surface area contributed by atoms with Gasteiger partial charge >= 0.3 is 0 Å². The van der Waals surface area contributed by atoms with Gasteiger partial charge in [-0.1, -0.05) is 22.0 Å². The maximum absolute atomic E-state index is 12.5. The molecule has 8 heteroatoms. The molecule has 0 spiro atoms. The average Bonchev–Trinajstić information content (AvgIpc) is 3.27. The van der Waals surface area contributed by atoms with Crippen LogP contribution < -0.4 is 5.32 Å². The number of benzene rings is 1. The van der Waals surface area contributed by atoms with Crippen LogP contribution in [0.2, 0.25) is 0 Å². The molecule has 0 saturated heterocycles. The smallest absolute Gasteiger partial charge is 0.273 e. The zero-order valence-electron chi connectivity index (χ0n) is 14.2. The Hall–Kier alpha value is -2.03. The number of halogens is 1. The Labute approximate surface area is 167 Å². The van der Waals surface area contributed by atoms with E-state index in [-0.39, 0.29) is 18.4 Å². The number of nitrogens with zero attached hydrogens (tertiary/aromatic N) is 2. The highest BCUT2D eigenvalue weighted by Gasteiger charge is 2.19. The summed E-state index contributed by atoms with van der Waals surface area (Å²) in [7, 11) is 1.60. The second-order valence-corrected chi connectivity index (χ2v) is 8.41. The number of likely N-dealkylation sites (N-methyl/N-ethyl adjacent to an activating group) is 1. The number of aryl methyl sites for hydroxylation is 1. The molecular formula is C18H16BrN3O2S2. The SMILES string of the molecule is Cc1cc(Br)ccc1NC(=O)CN(C)C(=O)c1csc(-c2cccs2)n1. The fraction of sp³-hybridized carbons (Fsp3) is 0.167. The van der Waals surface area contributed by atoms with Crippen LogP contribution in [0.4, 0.5) is 5.69 Å². The Morgan fingerprint density at radius 3 is 2.77 bits per heavy atom. The standard InChI is InChI=1S/C18H16BrN3O2S2/c1-11-8-12(19)5-6-13(11)20-16(23)9-22(2)18(24)14-10-26-17(21-14)15-4-3-7-25-15/h3-8,10H,9H2,1-2H3,(H,20,23). The fourth-order valence-electron chi connectivity index (χ4n) is 2.33. The van der Waals surface area contributed by atoms with Crippen molar-refractivity contribution in [1.29, 1.82) is 0 Å². The third-order valence-electron chi connectivity index (χ3n) is 3.65. The number of rotatable bonds is 5. The Morgan fingerprint density at radius 1 is 1.27 bits per heavy atom. The first-order valence-electron chi connectivity index (χ1n) is 7.75. The van der Waals surface area contributed by atoms with Crippen molar-refractivity contribution >= 4 is 56.1 Å². The van der Waals surface area contributed by atoms with Gasteiger partial charge in [-0.3, -0.25) is 9.59 Å². The van der Waals surface area contributed by atoms with Gasteiger partial charge in [-0.25, -0.2) is 4.98 Å². The minimum absolute atomic E-state index is 0.0415. The number of carbonyl (C=O) groups excluding carboxylic acids is 2. The molecule has 3 rings (SSSR count). The lowest BCUT2D eigenvalue weighted by Crippen LogP contribution is -2.35. The Kier molecular flexibility index (Phi) is 5.85. The molecule has 1 aromatic carbocycles. The molecule has 0 radical (unpaired) electrons. The topological polar surface area (TPSA) is 62.3 Å². The maximum atomic E-state index is 12.5. The largest absolute Gasteiger partial charge is 0.331 e. The maximum Gasteiger partial charge on any atom is 0.273 e. The first-order valence-corrected chi connectivity index (χ1v) is 10.3. The summed E-state index contributed by atoms with van der Waals surface area (Å²) in [5.41, 5.74) is 2.03. The van der Waals surface area contributed by atoms with Crippen LogP contribution in [0.5, 0.6) is 0 Å². The van der Waals surface area contributed by atoms with E-state index in [0.717, 1.165) is 25.6 Å². The van der Waals surface area contributed by atoms with Crippen molar-refractivity contribution in [2.75, 3.05) is 18.9 Å². The molecule has 3 aromatic rings. The summed E-state index contributed by atoms with van der Waals surface area (Å²) in [4.78, 5) is 31.6. The molecule has 1 N–H and O–H groups in total. The lowest BCUT2D eigenvalue weighted by molar-refractivity contribution is -0.116. The summed E-state index contributed by atoms with van der Waals surface area (Å²) in [6, 6.07) is 9.52. The summed E-state index contributed by atoms with van der Waals surface area (Å²) >= 11 is 6.40. The molecule has 2 heterocycles. The number of amides is 2. The van der Waals surface area contributed by atoms with E-state index in [0.29, 0.717) is 5.69 Å². The molecule has 0 aliphatic carbocycles. The van der Waals surface area contributed by atoms with E-state index in [9.17, 15) is 9.59 Å². The van der Waals surface area contributed by atoms with Crippen molar-refractivity contribution in [3.05, 3.63) is 56.8 Å². The van der Waals surface area contributed by atoms with E-state index in [1.54, 1.807) is 23.8 Å². The molecule has 0 aliphatic rings. The first kappa shape index (κ1) is 18.8. The number of nitrogens with one attached hydrogen (secondary N) is 1. The van der Waals surface area contributed by atoms with Crippen molar-refractivity contribution in [2.24, 2.45) is 0 Å². The number of hydrogen-bond acceptors (Lipinski definition) is 5. The van der Waals surface area contributed by atoms with Gasteiger partial charge in [-0.2, -0.15) is 0 Å². The van der Waals surface area contributed by atoms with Gasteiger partial charge in [0.05, 0.1) is 11.4 Å². The predicted octanol–water partition coefficient (Wildman–Crippen LogP) is 4.65. The van der Waals surface area contributed by atoms with Crippen LogP contribution in [0.3, 0.4) is 0 Å². The van der Waals surface area contributed by atoms with Gasteiger partial charge in [0, 0.05) is 22.6 Å². The molecule has 0 unspecified atom stereocenters. The van der Waals surface area contributed by atoms with Crippen molar-refractivity contribution in [1.82, 2.24) is 9.88 Å². The van der Waals surface area contributed by atoms with Crippen LogP contribution >= 0.6 is 38.6 Å². The third-order valence-corrected chi connectivity index (χ3v) is 6.02. The summed E-state index contributed by atoms with van der Waals surface area (Å²) in [5.74, 6) is -0.522. The molecule has 26 heavy (non-hydrogen) atoms. The van der Waals surface area contributed by atoms with Gasteiger partial charge in [-0.05, 0) is 42.1 Å². The van der Waals surface area contributed by atoms with Crippen molar-refractivity contribution in [3.8, 4) is 9.88 Å². The highest BCUT2D eigenvalue weighted by Crippen LogP contribution is 2.28. The number of hydrogen-bond donors (Lipinski definition) is 1. The normalized spacial score (nSPS) is 10.6. The van der Waals surface area contributed by atoms with Crippen molar-refractivity contribution < 1.29 is 9.59 Å². The van der Waals surface area contributed by atoms with E-state index >= 15 is 0 Å². The quantitative estimate of drug-likeness (QED) is 0.616. The Bertz CT molecular complexity index is 938. The fourth-order valence-corrected chi connectivity index (χ4v) is 4.41. The molecule has 0 atom stereocenters. The number of carbonyl (C=O) groups is 2. The van der Waals surface area contributed by atoms with Gasteiger partial charge in [0.1, 0.15) is 10.7 Å². The number of anilines is 1. The van der Waals surface area contributed by atoms with E-state index in [1.807, 2.05) is 42.6 Å². The average molecular weight is 450 g/mol. The molecule has 0 saturated carbocycles. The molecule has 5 nitrogen and oxygen atoms in total. The van der Waals surface area contributed by atoms with E-state index < -0.39 is 0 Å². The number of aromatic nitrogens is 1. The van der Waals surface area contributed by atoms with Gasteiger partial charge < -0.3 is 10.2 Å². The lowest BCUT2D eigenvalue weighted by Gasteiger charge is -2.16. The first-order chi connectivity index (χ1) is 12.4. The van der Waals surface area contributed by atoms with Crippen LogP contribution in [0.25, 0.3) is 9.88 Å². The molecule has 0 aliphatic heterocycles. The zero-order valence-corrected chi connectivity index (χ0v) is 17.4. The van der Waals surface area contributed by atoms with Crippen LogP contribution in [-0.2, 0) is 4.79 Å². The van der Waals surface area contributed by atoms with Crippen molar-refractivity contribution in [2.45, 2.75) is 6.92 Å². The number of thiazole rings is 1. The lowest BCUT2D eigenvalue weighted by atomic mass is 10.2. The second-order valence-electron chi connectivity index (χ2n) is 5.68. The molecule has 2 amide bonds.